The van der Waals surface area contributed by atoms with E-state index in [0.29, 0.717) is 38.6 Å². The summed E-state index contributed by atoms with van der Waals surface area (Å²) in [4.78, 5) is 11.4. The Labute approximate surface area is 141 Å². The van der Waals surface area contributed by atoms with Gasteiger partial charge < -0.3 is 19.5 Å². The molecule has 0 aliphatic carbocycles. The maximum atomic E-state index is 12.5. The van der Waals surface area contributed by atoms with Crippen LogP contribution in [0.1, 0.15) is 0 Å². The number of hydrogen-bond donors (Lipinski definition) is 1. The lowest BCUT2D eigenvalue weighted by molar-refractivity contribution is -0.124. The van der Waals surface area contributed by atoms with Gasteiger partial charge in [-0.3, -0.25) is 4.79 Å². The van der Waals surface area contributed by atoms with Crippen LogP contribution in [0.25, 0.3) is 0 Å². The van der Waals surface area contributed by atoms with Crippen LogP contribution in [0.4, 0.5) is 0 Å². The predicted octanol–water partition coefficient (Wildman–Crippen LogP) is -0.151. The Kier molecular flexibility index (Phi) is 6.98. The number of carbonyl (C=O) groups excluding carboxylic acids is 1. The summed E-state index contributed by atoms with van der Waals surface area (Å²) in [5.74, 6) is 0.324. The van der Waals surface area contributed by atoms with Crippen molar-refractivity contribution >= 4 is 15.9 Å². The van der Waals surface area contributed by atoms with E-state index in [9.17, 15) is 13.2 Å². The summed E-state index contributed by atoms with van der Waals surface area (Å²) in [7, 11) is -2.05. The molecule has 9 heteroatoms. The average Bonchev–Trinajstić information content (AvgIpc) is 2.60. The molecular formula is C15H22N2O6S. The van der Waals surface area contributed by atoms with Crippen LogP contribution in [0.2, 0.25) is 0 Å². The van der Waals surface area contributed by atoms with Crippen molar-refractivity contribution in [3.05, 3.63) is 24.3 Å². The van der Waals surface area contributed by atoms with Gasteiger partial charge in [-0.2, -0.15) is 4.31 Å². The molecule has 0 spiro atoms. The monoisotopic (exact) mass is 358 g/mol. The summed E-state index contributed by atoms with van der Waals surface area (Å²) >= 11 is 0. The number of carbonyl (C=O) groups is 1. The molecule has 1 fully saturated rings. The van der Waals surface area contributed by atoms with Crippen molar-refractivity contribution in [2.24, 2.45) is 0 Å². The van der Waals surface area contributed by atoms with Gasteiger partial charge in [0.15, 0.2) is 0 Å². The highest BCUT2D eigenvalue weighted by atomic mass is 32.2. The minimum atomic E-state index is -3.49. The van der Waals surface area contributed by atoms with Crippen LogP contribution in [-0.2, 0) is 24.3 Å². The van der Waals surface area contributed by atoms with E-state index in [1.54, 1.807) is 12.1 Å². The number of nitrogens with one attached hydrogen (secondary N) is 1. The van der Waals surface area contributed by atoms with Gasteiger partial charge in [-0.15, -0.1) is 0 Å². The van der Waals surface area contributed by atoms with Crippen molar-refractivity contribution in [3.63, 3.8) is 0 Å². The first-order chi connectivity index (χ1) is 11.5. The molecule has 1 N–H and O–H groups in total. The zero-order valence-electron chi connectivity index (χ0n) is 13.6. The van der Waals surface area contributed by atoms with Crippen LogP contribution < -0.4 is 10.1 Å². The van der Waals surface area contributed by atoms with Crippen molar-refractivity contribution in [3.8, 4) is 5.75 Å². The van der Waals surface area contributed by atoms with Crippen LogP contribution >= 0.6 is 0 Å². The van der Waals surface area contributed by atoms with Gasteiger partial charge >= 0.3 is 0 Å². The van der Waals surface area contributed by atoms with Crippen LogP contribution in [0, 0.1) is 0 Å². The summed E-state index contributed by atoms with van der Waals surface area (Å²) in [5, 5.41) is 2.63. The maximum absolute atomic E-state index is 12.5. The smallest absolute Gasteiger partial charge is 0.246 e. The second-order valence-corrected chi connectivity index (χ2v) is 7.06. The molecule has 1 saturated heterocycles. The highest BCUT2D eigenvalue weighted by molar-refractivity contribution is 7.89. The third-order valence-corrected chi connectivity index (χ3v) is 5.31. The van der Waals surface area contributed by atoms with Crippen molar-refractivity contribution < 1.29 is 27.4 Å². The second-order valence-electron chi connectivity index (χ2n) is 5.12. The lowest BCUT2D eigenvalue weighted by Gasteiger charge is -2.26. The van der Waals surface area contributed by atoms with Gasteiger partial charge in [0.25, 0.3) is 0 Å². The summed E-state index contributed by atoms with van der Waals surface area (Å²) in [6.45, 7) is 2.18. The van der Waals surface area contributed by atoms with E-state index in [1.165, 1.54) is 23.5 Å². The van der Waals surface area contributed by atoms with Gasteiger partial charge in [0, 0.05) is 20.2 Å². The average molecular weight is 358 g/mol. The number of nitrogens with zero attached hydrogens (tertiary/aromatic N) is 1. The third-order valence-electron chi connectivity index (χ3n) is 3.40. The molecule has 1 aromatic carbocycles. The van der Waals surface area contributed by atoms with E-state index in [1.807, 2.05) is 0 Å². The summed E-state index contributed by atoms with van der Waals surface area (Å²) in [5.41, 5.74) is 0. The Bertz CT molecular complexity index is 626. The first-order valence-electron chi connectivity index (χ1n) is 7.60. The molecule has 1 amide bonds. The van der Waals surface area contributed by atoms with E-state index < -0.39 is 10.0 Å². The fourth-order valence-electron chi connectivity index (χ4n) is 2.19. The van der Waals surface area contributed by atoms with Crippen LogP contribution in [-0.4, -0.2) is 71.8 Å². The first kappa shape index (κ1) is 18.7. The van der Waals surface area contributed by atoms with Gasteiger partial charge in [-0.1, -0.05) is 0 Å². The number of sulfonamides is 1. The number of morpholine rings is 1. The minimum Gasteiger partial charge on any atom is -0.492 e. The molecule has 24 heavy (non-hydrogen) atoms. The highest BCUT2D eigenvalue weighted by Crippen LogP contribution is 2.20. The normalized spacial score (nSPS) is 15.9. The standard InChI is InChI=1S/C15H22N2O6S/c1-21-12-15(18)16-6-9-23-13-2-4-14(5-3-13)24(19,20)17-7-10-22-11-8-17/h2-5H,6-12H2,1H3,(H,16,18). The molecule has 1 aliphatic rings. The lowest BCUT2D eigenvalue weighted by atomic mass is 10.3. The van der Waals surface area contributed by atoms with Crippen LogP contribution in [0.3, 0.4) is 0 Å². The lowest BCUT2D eigenvalue weighted by Crippen LogP contribution is -2.40. The molecule has 1 aliphatic heterocycles. The van der Waals surface area contributed by atoms with Gasteiger partial charge in [-0.05, 0) is 24.3 Å². The van der Waals surface area contributed by atoms with Gasteiger partial charge in [0.1, 0.15) is 19.0 Å². The third kappa shape index (κ3) is 5.17. The van der Waals surface area contributed by atoms with Crippen molar-refractivity contribution in [2.45, 2.75) is 4.90 Å². The molecule has 0 saturated carbocycles. The number of hydrogen-bond acceptors (Lipinski definition) is 6. The van der Waals surface area contributed by atoms with Crippen molar-refractivity contribution in [1.82, 2.24) is 9.62 Å². The molecule has 0 atom stereocenters. The largest absolute Gasteiger partial charge is 0.492 e. The van der Waals surface area contributed by atoms with Crippen molar-refractivity contribution in [2.75, 3.05) is 53.2 Å². The first-order valence-corrected chi connectivity index (χ1v) is 9.04. The van der Waals surface area contributed by atoms with Gasteiger partial charge in [-0.25, -0.2) is 8.42 Å². The van der Waals surface area contributed by atoms with Crippen molar-refractivity contribution in [1.29, 1.82) is 0 Å². The van der Waals surface area contributed by atoms with E-state index in [-0.39, 0.29) is 24.0 Å². The van der Waals surface area contributed by atoms with E-state index in [2.05, 4.69) is 5.32 Å². The zero-order chi connectivity index (χ0) is 17.4. The molecule has 1 aromatic rings. The topological polar surface area (TPSA) is 94.2 Å². The predicted molar refractivity (Wildman–Crippen MR) is 86.4 cm³/mol. The maximum Gasteiger partial charge on any atom is 0.246 e. The van der Waals surface area contributed by atoms with Gasteiger partial charge in [0.2, 0.25) is 15.9 Å². The number of ether oxygens (including phenoxy) is 3. The molecule has 8 nitrogen and oxygen atoms in total. The SMILES string of the molecule is COCC(=O)NCCOc1ccc(S(=O)(=O)N2CCOCC2)cc1. The molecule has 0 bridgehead atoms. The Morgan fingerprint density at radius 3 is 2.54 bits per heavy atom. The van der Waals surface area contributed by atoms with Crippen LogP contribution in [0.15, 0.2) is 29.2 Å². The molecule has 0 unspecified atom stereocenters. The molecule has 0 radical (unpaired) electrons. The van der Waals surface area contributed by atoms with E-state index in [0.717, 1.165) is 0 Å². The number of amides is 1. The van der Waals surface area contributed by atoms with Gasteiger partial charge in [0.05, 0.1) is 24.7 Å². The second kappa shape index (κ2) is 8.97. The Morgan fingerprint density at radius 1 is 1.25 bits per heavy atom. The Morgan fingerprint density at radius 2 is 1.92 bits per heavy atom. The molecule has 0 aromatic heterocycles. The minimum absolute atomic E-state index is 0.00803. The summed E-state index contributed by atoms with van der Waals surface area (Å²) in [6, 6.07) is 6.24. The molecule has 2 rings (SSSR count). The fraction of sp³-hybridized carbons (Fsp3) is 0.533. The highest BCUT2D eigenvalue weighted by Gasteiger charge is 2.26. The van der Waals surface area contributed by atoms with Crippen LogP contribution in [0.5, 0.6) is 5.75 Å². The molecule has 1 heterocycles. The number of methoxy groups -OCH3 is 1. The number of rotatable bonds is 8. The zero-order valence-corrected chi connectivity index (χ0v) is 14.4. The quantitative estimate of drug-likeness (QED) is 0.650. The fourth-order valence-corrected chi connectivity index (χ4v) is 3.59. The van der Waals surface area contributed by atoms with E-state index in [4.69, 9.17) is 14.2 Å². The Balaban J connectivity index is 1.85. The molecule has 134 valence electrons. The summed E-state index contributed by atoms with van der Waals surface area (Å²) < 4.78 is 41.7. The van der Waals surface area contributed by atoms with E-state index >= 15 is 0 Å². The summed E-state index contributed by atoms with van der Waals surface area (Å²) in [6.07, 6.45) is 0. The number of benzene rings is 1. The Hall–Kier alpha value is -1.68. The molecular weight excluding hydrogens is 336 g/mol.